The van der Waals surface area contributed by atoms with Crippen molar-refractivity contribution in [3.63, 3.8) is 0 Å². The van der Waals surface area contributed by atoms with Gasteiger partial charge in [0.2, 0.25) is 0 Å². The van der Waals surface area contributed by atoms with Gasteiger partial charge in [0.25, 0.3) is 0 Å². The van der Waals surface area contributed by atoms with E-state index in [0.29, 0.717) is 31.2 Å². The molecule has 0 aromatic heterocycles. The number of rotatable bonds is 3. The minimum atomic E-state index is 0.189. The molecule has 0 aliphatic rings. The van der Waals surface area contributed by atoms with Gasteiger partial charge in [-0.15, -0.1) is 0 Å². The molecule has 2 aromatic carbocycles. The fraction of sp³-hybridized carbons (Fsp3) is 0.0714. The summed E-state index contributed by atoms with van der Waals surface area (Å²) in [6.45, 7) is 0. The van der Waals surface area contributed by atoms with Crippen molar-refractivity contribution >= 4 is 52.7 Å². The SMILES string of the molecule is O=CCc1c(Cl)cccc1-c1c(Cl)ccc(Cl)c1Cl. The van der Waals surface area contributed by atoms with Crippen LogP contribution in [-0.2, 0) is 11.2 Å². The van der Waals surface area contributed by atoms with E-state index in [2.05, 4.69) is 0 Å². The zero-order valence-electron chi connectivity index (χ0n) is 9.59. The third-order valence-electron chi connectivity index (χ3n) is 2.72. The maximum Gasteiger partial charge on any atom is 0.124 e. The van der Waals surface area contributed by atoms with Crippen LogP contribution in [0.1, 0.15) is 5.56 Å². The summed E-state index contributed by atoms with van der Waals surface area (Å²) in [5, 5.41) is 1.71. The van der Waals surface area contributed by atoms with Gasteiger partial charge in [0, 0.05) is 17.0 Å². The molecule has 0 aliphatic heterocycles. The molecule has 98 valence electrons. The molecule has 0 fully saturated rings. The van der Waals surface area contributed by atoms with Gasteiger partial charge < -0.3 is 4.79 Å². The molecule has 0 unspecified atom stereocenters. The number of carbonyl (C=O) groups is 1. The fourth-order valence-corrected chi connectivity index (χ4v) is 2.84. The van der Waals surface area contributed by atoms with Crippen molar-refractivity contribution in [2.24, 2.45) is 0 Å². The number of carbonyl (C=O) groups excluding carboxylic acids is 1. The van der Waals surface area contributed by atoms with Gasteiger partial charge in [-0.25, -0.2) is 0 Å². The Morgan fingerprint density at radius 3 is 2.26 bits per heavy atom. The minimum Gasteiger partial charge on any atom is -0.303 e. The van der Waals surface area contributed by atoms with Crippen molar-refractivity contribution < 1.29 is 4.79 Å². The van der Waals surface area contributed by atoms with Crippen molar-refractivity contribution in [3.8, 4) is 11.1 Å². The number of benzene rings is 2. The van der Waals surface area contributed by atoms with E-state index >= 15 is 0 Å². The molecule has 0 amide bonds. The Morgan fingerprint density at radius 2 is 1.58 bits per heavy atom. The predicted molar refractivity (Wildman–Crippen MR) is 81.7 cm³/mol. The molecule has 0 atom stereocenters. The molecule has 0 saturated heterocycles. The maximum atomic E-state index is 10.8. The number of hydrogen-bond acceptors (Lipinski definition) is 1. The minimum absolute atomic E-state index is 0.189. The van der Waals surface area contributed by atoms with Crippen LogP contribution in [0.25, 0.3) is 11.1 Å². The summed E-state index contributed by atoms with van der Waals surface area (Å²) < 4.78 is 0. The highest BCUT2D eigenvalue weighted by Gasteiger charge is 2.16. The number of aldehydes is 1. The summed E-state index contributed by atoms with van der Waals surface area (Å²) in [5.74, 6) is 0. The first kappa shape index (κ1) is 14.7. The fourth-order valence-electron chi connectivity index (χ4n) is 1.86. The van der Waals surface area contributed by atoms with Crippen molar-refractivity contribution in [1.29, 1.82) is 0 Å². The summed E-state index contributed by atoms with van der Waals surface area (Å²) >= 11 is 24.5. The first-order valence-corrected chi connectivity index (χ1v) is 6.92. The van der Waals surface area contributed by atoms with E-state index in [-0.39, 0.29) is 6.42 Å². The molecular weight excluding hydrogens is 326 g/mol. The second-order valence-electron chi connectivity index (χ2n) is 3.85. The molecule has 1 nitrogen and oxygen atoms in total. The molecular formula is C14H8Cl4O. The van der Waals surface area contributed by atoms with Gasteiger partial charge in [0.1, 0.15) is 6.29 Å². The average Bonchev–Trinajstić information content (AvgIpc) is 2.38. The lowest BCUT2D eigenvalue weighted by Crippen LogP contribution is -1.94. The molecule has 0 spiro atoms. The molecule has 0 aliphatic carbocycles. The van der Waals surface area contributed by atoms with Crippen molar-refractivity contribution in [2.75, 3.05) is 0 Å². The van der Waals surface area contributed by atoms with Crippen LogP contribution in [0, 0.1) is 0 Å². The van der Waals surface area contributed by atoms with Crippen LogP contribution < -0.4 is 0 Å². The smallest absolute Gasteiger partial charge is 0.124 e. The van der Waals surface area contributed by atoms with Crippen molar-refractivity contribution in [2.45, 2.75) is 6.42 Å². The topological polar surface area (TPSA) is 17.1 Å². The lowest BCUT2D eigenvalue weighted by molar-refractivity contribution is -0.107. The van der Waals surface area contributed by atoms with E-state index < -0.39 is 0 Å². The highest BCUT2D eigenvalue weighted by molar-refractivity contribution is 6.46. The number of halogens is 4. The summed E-state index contributed by atoms with van der Waals surface area (Å²) in [6, 6.07) is 8.60. The van der Waals surface area contributed by atoms with Gasteiger partial charge in [0.15, 0.2) is 0 Å². The van der Waals surface area contributed by atoms with Crippen molar-refractivity contribution in [1.82, 2.24) is 0 Å². The standard InChI is InChI=1S/C14H8Cl4O/c15-10-3-1-2-9(8(10)6-7-19)13-11(16)4-5-12(17)14(13)18/h1-5,7H,6H2. The summed E-state index contributed by atoms with van der Waals surface area (Å²) in [7, 11) is 0. The summed E-state index contributed by atoms with van der Waals surface area (Å²) in [4.78, 5) is 10.8. The largest absolute Gasteiger partial charge is 0.303 e. The van der Waals surface area contributed by atoms with Crippen LogP contribution in [0.3, 0.4) is 0 Å². The van der Waals surface area contributed by atoms with Crippen LogP contribution in [-0.4, -0.2) is 6.29 Å². The van der Waals surface area contributed by atoms with Crippen LogP contribution in [0.5, 0.6) is 0 Å². The average molecular weight is 334 g/mol. The predicted octanol–water partition coefficient (Wildman–Crippen LogP) is 5.71. The third-order valence-corrected chi connectivity index (χ3v) is 4.19. The van der Waals surface area contributed by atoms with E-state index in [1.165, 1.54) is 0 Å². The van der Waals surface area contributed by atoms with Gasteiger partial charge in [0.05, 0.1) is 15.1 Å². The van der Waals surface area contributed by atoms with Crippen LogP contribution >= 0.6 is 46.4 Å². The highest BCUT2D eigenvalue weighted by Crippen LogP contribution is 2.41. The Bertz CT molecular complexity index is 638. The highest BCUT2D eigenvalue weighted by atomic mass is 35.5. The van der Waals surface area contributed by atoms with Gasteiger partial charge in [-0.1, -0.05) is 58.5 Å². The summed E-state index contributed by atoms with van der Waals surface area (Å²) in [6.07, 6.45) is 0.977. The van der Waals surface area contributed by atoms with Gasteiger partial charge in [-0.05, 0) is 29.3 Å². The molecule has 0 saturated carbocycles. The van der Waals surface area contributed by atoms with Gasteiger partial charge >= 0.3 is 0 Å². The lowest BCUT2D eigenvalue weighted by atomic mass is 9.98. The molecule has 2 aromatic rings. The van der Waals surface area contributed by atoms with E-state index in [1.54, 1.807) is 24.3 Å². The van der Waals surface area contributed by atoms with Crippen molar-refractivity contribution in [3.05, 3.63) is 56.0 Å². The van der Waals surface area contributed by atoms with E-state index in [9.17, 15) is 4.79 Å². The Kier molecular flexibility index (Phi) is 4.75. The van der Waals surface area contributed by atoms with E-state index in [1.807, 2.05) is 6.07 Å². The quantitative estimate of drug-likeness (QED) is 0.519. The normalized spacial score (nSPS) is 10.5. The third kappa shape index (κ3) is 2.90. The second-order valence-corrected chi connectivity index (χ2v) is 5.45. The molecule has 2 rings (SSSR count). The van der Waals surface area contributed by atoms with Crippen LogP contribution in [0.4, 0.5) is 0 Å². The summed E-state index contributed by atoms with van der Waals surface area (Å²) in [5.41, 5.74) is 2.00. The maximum absolute atomic E-state index is 10.8. The first-order chi connectivity index (χ1) is 9.06. The lowest BCUT2D eigenvalue weighted by Gasteiger charge is -2.13. The Labute approximate surface area is 131 Å². The number of hydrogen-bond donors (Lipinski definition) is 0. The van der Waals surface area contributed by atoms with Gasteiger partial charge in [-0.2, -0.15) is 0 Å². The zero-order chi connectivity index (χ0) is 14.0. The molecule has 0 bridgehead atoms. The monoisotopic (exact) mass is 332 g/mol. The molecule has 0 heterocycles. The molecule has 0 N–H and O–H groups in total. The van der Waals surface area contributed by atoms with Crippen LogP contribution in [0.15, 0.2) is 30.3 Å². The van der Waals surface area contributed by atoms with E-state index in [4.69, 9.17) is 46.4 Å². The van der Waals surface area contributed by atoms with Crippen LogP contribution in [0.2, 0.25) is 20.1 Å². The molecule has 19 heavy (non-hydrogen) atoms. The second kappa shape index (κ2) is 6.15. The molecule has 0 radical (unpaired) electrons. The zero-order valence-corrected chi connectivity index (χ0v) is 12.6. The van der Waals surface area contributed by atoms with E-state index in [0.717, 1.165) is 11.8 Å². The van der Waals surface area contributed by atoms with Gasteiger partial charge in [-0.3, -0.25) is 0 Å². The molecule has 5 heteroatoms. The Hall–Kier alpha value is -0.730. The Morgan fingerprint density at radius 1 is 0.895 bits per heavy atom. The first-order valence-electron chi connectivity index (χ1n) is 5.41. The Balaban J connectivity index is 2.75.